The van der Waals surface area contributed by atoms with E-state index in [0.29, 0.717) is 22.4 Å². The van der Waals surface area contributed by atoms with Gasteiger partial charge in [-0.3, -0.25) is 4.90 Å². The minimum Gasteiger partial charge on any atom is -0.508 e. The number of ether oxygens (including phenoxy) is 1. The molecular formula is C29H27F3N2O4. The Kier molecular flexibility index (Phi) is 6.97. The molecule has 1 aliphatic rings. The Morgan fingerprint density at radius 3 is 2.37 bits per heavy atom. The van der Waals surface area contributed by atoms with Crippen molar-refractivity contribution in [3.05, 3.63) is 95.6 Å². The average Bonchev–Trinajstić information content (AvgIpc) is 2.87. The fraction of sp³-hybridized carbons (Fsp3) is 0.241. The van der Waals surface area contributed by atoms with E-state index in [1.807, 2.05) is 13.8 Å². The third kappa shape index (κ3) is 5.09. The molecule has 3 aromatic carbocycles. The summed E-state index contributed by atoms with van der Waals surface area (Å²) in [6.07, 6.45) is -2.82. The van der Waals surface area contributed by atoms with Crippen molar-refractivity contribution in [1.82, 2.24) is 0 Å². The monoisotopic (exact) mass is 524 g/mol. The molecule has 0 fully saturated rings. The molecule has 1 unspecified atom stereocenters. The first-order chi connectivity index (χ1) is 17.9. The predicted molar refractivity (Wildman–Crippen MR) is 139 cm³/mol. The minimum atomic E-state index is -4.61. The number of amides is 2. The minimum absolute atomic E-state index is 0.0167. The Morgan fingerprint density at radius 1 is 1.08 bits per heavy atom. The summed E-state index contributed by atoms with van der Waals surface area (Å²) in [5.74, 6) is 0.249. The summed E-state index contributed by atoms with van der Waals surface area (Å²) in [5, 5.41) is 20.4. The number of nitrogens with zero attached hydrogens (tertiary/aromatic N) is 2. The van der Waals surface area contributed by atoms with Crippen molar-refractivity contribution < 1.29 is 32.9 Å². The van der Waals surface area contributed by atoms with Gasteiger partial charge in [-0.1, -0.05) is 26.0 Å². The summed E-state index contributed by atoms with van der Waals surface area (Å²) in [6, 6.07) is 12.2. The lowest BCUT2D eigenvalue weighted by atomic mass is 9.81. The molecule has 1 atom stereocenters. The fourth-order valence-electron chi connectivity index (χ4n) is 4.48. The molecule has 2 amide bonds. The lowest BCUT2D eigenvalue weighted by molar-refractivity contribution is -0.137. The van der Waals surface area contributed by atoms with Crippen LogP contribution in [0.5, 0.6) is 17.2 Å². The quantitative estimate of drug-likeness (QED) is 0.336. The Labute approximate surface area is 218 Å². The SMILES string of the molecule is C=CC(C)(C)c1cc(C2CC(c3ccc(O)cc3)=NC(=O)N2c2cccc(C(F)(F)F)c2)c(OC)cc1O. The lowest BCUT2D eigenvalue weighted by Gasteiger charge is -2.36. The predicted octanol–water partition coefficient (Wildman–Crippen LogP) is 7.15. The normalized spacial score (nSPS) is 16.3. The van der Waals surface area contributed by atoms with E-state index < -0.39 is 29.2 Å². The Bertz CT molecular complexity index is 1410. The largest absolute Gasteiger partial charge is 0.508 e. The third-order valence-corrected chi connectivity index (χ3v) is 6.70. The van der Waals surface area contributed by atoms with E-state index >= 15 is 0 Å². The van der Waals surface area contributed by atoms with Gasteiger partial charge in [0.25, 0.3) is 0 Å². The van der Waals surface area contributed by atoms with Crippen LogP contribution in [0.15, 0.2) is 78.3 Å². The second kappa shape index (κ2) is 9.89. The molecule has 1 heterocycles. The molecule has 0 aromatic heterocycles. The highest BCUT2D eigenvalue weighted by atomic mass is 19.4. The number of rotatable bonds is 6. The number of aliphatic imine (C=N–C) groups is 1. The van der Waals surface area contributed by atoms with Crippen molar-refractivity contribution in [3.8, 4) is 17.2 Å². The topological polar surface area (TPSA) is 82.4 Å². The number of allylic oxidation sites excluding steroid dienone is 1. The number of alkyl halides is 3. The number of anilines is 1. The van der Waals surface area contributed by atoms with Gasteiger partial charge in [0.2, 0.25) is 0 Å². The number of aromatic hydroxyl groups is 2. The van der Waals surface area contributed by atoms with Gasteiger partial charge >= 0.3 is 12.2 Å². The molecule has 9 heteroatoms. The van der Waals surface area contributed by atoms with Crippen LogP contribution in [0.1, 0.15) is 48.6 Å². The Balaban J connectivity index is 1.95. The molecule has 38 heavy (non-hydrogen) atoms. The second-order valence-electron chi connectivity index (χ2n) is 9.56. The standard InChI is InChI=1S/C29H27F3N2O4/c1-5-28(2,3)22-14-21(26(38-4)16-25(22)36)24-15-23(17-9-11-20(35)12-10-17)33-27(37)34(24)19-8-6-7-18(13-19)29(30,31)32/h5-14,16,24,35-36H,1,15H2,2-4H3. The van der Waals surface area contributed by atoms with Crippen LogP contribution in [0, 0.1) is 0 Å². The van der Waals surface area contributed by atoms with Crippen molar-refractivity contribution >= 4 is 17.4 Å². The maximum atomic E-state index is 13.5. The number of carbonyl (C=O) groups is 1. The number of hydrogen-bond acceptors (Lipinski definition) is 4. The zero-order valence-electron chi connectivity index (χ0n) is 21.1. The number of urea groups is 1. The molecule has 6 nitrogen and oxygen atoms in total. The van der Waals surface area contributed by atoms with Crippen LogP contribution in [0.2, 0.25) is 0 Å². The summed E-state index contributed by atoms with van der Waals surface area (Å²) < 4.78 is 46.2. The van der Waals surface area contributed by atoms with Crippen molar-refractivity contribution in [2.45, 2.75) is 37.9 Å². The van der Waals surface area contributed by atoms with Gasteiger partial charge in [-0.05, 0) is 54.1 Å². The molecule has 0 bridgehead atoms. The summed E-state index contributed by atoms with van der Waals surface area (Å²) in [7, 11) is 1.41. The number of phenols is 2. The van der Waals surface area contributed by atoms with Crippen LogP contribution in [-0.2, 0) is 11.6 Å². The van der Waals surface area contributed by atoms with Crippen LogP contribution in [0.3, 0.4) is 0 Å². The zero-order chi connectivity index (χ0) is 27.8. The number of benzene rings is 3. The molecular weight excluding hydrogens is 497 g/mol. The van der Waals surface area contributed by atoms with Gasteiger partial charge in [0.05, 0.1) is 24.4 Å². The molecule has 3 aromatic rings. The van der Waals surface area contributed by atoms with Gasteiger partial charge < -0.3 is 14.9 Å². The van der Waals surface area contributed by atoms with Crippen molar-refractivity contribution in [2.24, 2.45) is 4.99 Å². The van der Waals surface area contributed by atoms with Gasteiger partial charge in [-0.2, -0.15) is 18.2 Å². The van der Waals surface area contributed by atoms with Crippen molar-refractivity contribution in [1.29, 1.82) is 0 Å². The van der Waals surface area contributed by atoms with Gasteiger partial charge in [-0.15, -0.1) is 6.58 Å². The van der Waals surface area contributed by atoms with E-state index in [2.05, 4.69) is 11.6 Å². The molecule has 0 radical (unpaired) electrons. The maximum Gasteiger partial charge on any atom is 0.416 e. The summed E-state index contributed by atoms with van der Waals surface area (Å²) >= 11 is 0. The smallest absolute Gasteiger partial charge is 0.416 e. The number of hydrogen-bond donors (Lipinski definition) is 2. The summed E-state index contributed by atoms with van der Waals surface area (Å²) in [6.45, 7) is 7.55. The molecule has 2 N–H and O–H groups in total. The number of phenolic OH excluding ortho intramolecular Hbond substituents is 2. The van der Waals surface area contributed by atoms with Crippen LogP contribution >= 0.6 is 0 Å². The number of carbonyl (C=O) groups excluding carboxylic acids is 1. The van der Waals surface area contributed by atoms with Gasteiger partial charge in [0.1, 0.15) is 17.2 Å². The van der Waals surface area contributed by atoms with Crippen LogP contribution in [-0.4, -0.2) is 29.1 Å². The van der Waals surface area contributed by atoms with Crippen molar-refractivity contribution in [3.63, 3.8) is 0 Å². The highest BCUT2D eigenvalue weighted by Crippen LogP contribution is 2.45. The molecule has 4 rings (SSSR count). The summed E-state index contributed by atoms with van der Waals surface area (Å²) in [5.41, 5.74) is 0.403. The lowest BCUT2D eigenvalue weighted by Crippen LogP contribution is -2.39. The van der Waals surface area contributed by atoms with E-state index in [1.165, 1.54) is 42.3 Å². The zero-order valence-corrected chi connectivity index (χ0v) is 21.1. The maximum absolute atomic E-state index is 13.5. The van der Waals surface area contributed by atoms with E-state index in [9.17, 15) is 28.2 Å². The van der Waals surface area contributed by atoms with Gasteiger partial charge in [0, 0.05) is 34.7 Å². The highest BCUT2D eigenvalue weighted by Gasteiger charge is 2.38. The Hall–Kier alpha value is -4.27. The third-order valence-electron chi connectivity index (χ3n) is 6.70. The average molecular weight is 525 g/mol. The van der Waals surface area contributed by atoms with Gasteiger partial charge in [0.15, 0.2) is 0 Å². The Morgan fingerprint density at radius 2 is 1.76 bits per heavy atom. The van der Waals surface area contributed by atoms with Crippen LogP contribution < -0.4 is 9.64 Å². The molecule has 0 saturated heterocycles. The molecule has 0 saturated carbocycles. The van der Waals surface area contributed by atoms with E-state index in [-0.39, 0.29) is 29.4 Å². The van der Waals surface area contributed by atoms with E-state index in [0.717, 1.165) is 12.1 Å². The second-order valence-corrected chi connectivity index (χ2v) is 9.56. The highest BCUT2D eigenvalue weighted by molar-refractivity contribution is 6.12. The van der Waals surface area contributed by atoms with Gasteiger partial charge in [-0.25, -0.2) is 4.79 Å². The fourth-order valence-corrected chi connectivity index (χ4v) is 4.48. The van der Waals surface area contributed by atoms with E-state index in [4.69, 9.17) is 4.74 Å². The van der Waals surface area contributed by atoms with Crippen molar-refractivity contribution in [2.75, 3.05) is 12.0 Å². The summed E-state index contributed by atoms with van der Waals surface area (Å²) in [4.78, 5) is 18.9. The first-order valence-corrected chi connectivity index (χ1v) is 11.8. The first kappa shape index (κ1) is 26.8. The number of halogens is 3. The van der Waals surface area contributed by atoms with E-state index in [1.54, 1.807) is 24.3 Å². The number of methoxy groups -OCH3 is 1. The van der Waals surface area contributed by atoms with Crippen LogP contribution in [0.25, 0.3) is 0 Å². The first-order valence-electron chi connectivity index (χ1n) is 11.8. The van der Waals surface area contributed by atoms with Crippen LogP contribution in [0.4, 0.5) is 23.7 Å². The molecule has 0 aliphatic carbocycles. The molecule has 198 valence electrons. The molecule has 1 aliphatic heterocycles. The molecule has 0 spiro atoms.